The van der Waals surface area contributed by atoms with E-state index < -0.39 is 0 Å². The molecule has 0 aliphatic carbocycles. The number of morpholine rings is 1. The summed E-state index contributed by atoms with van der Waals surface area (Å²) in [5, 5.41) is 14.1. The van der Waals surface area contributed by atoms with Gasteiger partial charge in [-0.05, 0) is 12.0 Å². The summed E-state index contributed by atoms with van der Waals surface area (Å²) in [4.78, 5) is 19.5. The van der Waals surface area contributed by atoms with Crippen molar-refractivity contribution in [3.63, 3.8) is 0 Å². The van der Waals surface area contributed by atoms with E-state index in [2.05, 4.69) is 20.1 Å². The quantitative estimate of drug-likeness (QED) is 0.235. The molecule has 0 radical (unpaired) electrons. The minimum Gasteiger partial charge on any atom is -0.379 e. The van der Waals surface area contributed by atoms with Gasteiger partial charge in [-0.25, -0.2) is 0 Å². The van der Waals surface area contributed by atoms with Gasteiger partial charge in [0, 0.05) is 57.9 Å². The molecule has 2 saturated heterocycles. The van der Waals surface area contributed by atoms with Crippen molar-refractivity contribution >= 4 is 35.6 Å². The Morgan fingerprint density at radius 3 is 2.62 bits per heavy atom. The number of nitro benzene ring substituents is 1. The van der Waals surface area contributed by atoms with Gasteiger partial charge in [-0.15, -0.1) is 24.0 Å². The van der Waals surface area contributed by atoms with Crippen molar-refractivity contribution in [3.8, 4) is 0 Å². The van der Waals surface area contributed by atoms with Crippen molar-refractivity contribution in [1.29, 1.82) is 0 Å². The molecule has 1 aromatic rings. The van der Waals surface area contributed by atoms with E-state index in [1.165, 1.54) is 12.1 Å². The van der Waals surface area contributed by atoms with Gasteiger partial charge in [-0.1, -0.05) is 12.1 Å². The first kappa shape index (κ1) is 20.8. The molecule has 0 bridgehead atoms. The van der Waals surface area contributed by atoms with E-state index in [9.17, 15) is 10.1 Å². The average molecular weight is 475 g/mol. The summed E-state index contributed by atoms with van der Waals surface area (Å²) in [6.07, 6.45) is 1.14. The molecule has 9 heteroatoms. The number of benzene rings is 1. The maximum atomic E-state index is 10.7. The van der Waals surface area contributed by atoms with Crippen LogP contribution in [-0.2, 0) is 11.3 Å². The fourth-order valence-electron chi connectivity index (χ4n) is 3.42. The lowest BCUT2D eigenvalue weighted by Crippen LogP contribution is -2.46. The molecule has 2 fully saturated rings. The molecule has 8 nitrogen and oxygen atoms in total. The summed E-state index contributed by atoms with van der Waals surface area (Å²) in [6, 6.07) is 7.17. The number of ether oxygens (including phenoxy) is 1. The van der Waals surface area contributed by atoms with Crippen molar-refractivity contribution in [2.24, 2.45) is 4.99 Å². The van der Waals surface area contributed by atoms with Crippen molar-refractivity contribution in [3.05, 3.63) is 39.9 Å². The third-order valence-corrected chi connectivity index (χ3v) is 4.83. The SMILES string of the molecule is CN=C(NCc1ccc([N+](=O)[O-])cc1)N1CCC(N2CCOCC2)C1.I. The maximum absolute atomic E-state index is 10.7. The summed E-state index contributed by atoms with van der Waals surface area (Å²) in [6.45, 7) is 6.22. The topological polar surface area (TPSA) is 83.2 Å². The minimum absolute atomic E-state index is 0. The smallest absolute Gasteiger partial charge is 0.269 e. The second-order valence-corrected chi connectivity index (χ2v) is 6.36. The monoisotopic (exact) mass is 475 g/mol. The van der Waals surface area contributed by atoms with E-state index in [0.717, 1.165) is 57.3 Å². The number of aliphatic imine (C=N–C) groups is 1. The van der Waals surface area contributed by atoms with Crippen LogP contribution in [0, 0.1) is 10.1 Å². The highest BCUT2D eigenvalue weighted by Gasteiger charge is 2.30. The average Bonchev–Trinajstić information content (AvgIpc) is 3.13. The number of nitro groups is 1. The molecular weight excluding hydrogens is 449 g/mol. The number of halogens is 1. The third-order valence-electron chi connectivity index (χ3n) is 4.83. The van der Waals surface area contributed by atoms with Crippen LogP contribution in [0.25, 0.3) is 0 Å². The van der Waals surface area contributed by atoms with Crippen molar-refractivity contribution in [1.82, 2.24) is 15.1 Å². The molecule has 1 unspecified atom stereocenters. The van der Waals surface area contributed by atoms with E-state index >= 15 is 0 Å². The summed E-state index contributed by atoms with van der Waals surface area (Å²) in [7, 11) is 1.79. The Hall–Kier alpha value is -1.46. The number of guanidine groups is 1. The first-order chi connectivity index (χ1) is 12.2. The zero-order valence-corrected chi connectivity index (χ0v) is 17.3. The number of nitrogens with zero attached hydrogens (tertiary/aromatic N) is 4. The van der Waals surface area contributed by atoms with Crippen LogP contribution < -0.4 is 5.32 Å². The predicted molar refractivity (Wildman–Crippen MR) is 111 cm³/mol. The number of nitrogens with one attached hydrogen (secondary N) is 1. The fourth-order valence-corrected chi connectivity index (χ4v) is 3.42. The molecule has 1 atom stereocenters. The highest BCUT2D eigenvalue weighted by molar-refractivity contribution is 14.0. The van der Waals surface area contributed by atoms with Crippen LogP contribution in [0.15, 0.2) is 29.3 Å². The van der Waals surface area contributed by atoms with Gasteiger partial charge in [0.05, 0.1) is 18.1 Å². The number of likely N-dealkylation sites (tertiary alicyclic amines) is 1. The van der Waals surface area contributed by atoms with Crippen LogP contribution in [0.2, 0.25) is 0 Å². The van der Waals surface area contributed by atoms with Crippen molar-refractivity contribution < 1.29 is 9.66 Å². The Kier molecular flexibility index (Phi) is 8.04. The summed E-state index contributed by atoms with van der Waals surface area (Å²) in [5.74, 6) is 0.883. The number of rotatable bonds is 4. The first-order valence-corrected chi connectivity index (χ1v) is 8.68. The van der Waals surface area contributed by atoms with Crippen LogP contribution in [0.3, 0.4) is 0 Å². The Balaban J connectivity index is 0.00000243. The van der Waals surface area contributed by atoms with Gasteiger partial charge in [0.25, 0.3) is 5.69 Å². The van der Waals surface area contributed by atoms with Gasteiger partial charge in [-0.2, -0.15) is 0 Å². The third kappa shape index (κ3) is 5.27. The second kappa shape index (κ2) is 10.0. The molecule has 2 aliphatic heterocycles. The summed E-state index contributed by atoms with van der Waals surface area (Å²) in [5.41, 5.74) is 1.11. The molecule has 1 N–H and O–H groups in total. The largest absolute Gasteiger partial charge is 0.379 e. The van der Waals surface area contributed by atoms with E-state index in [-0.39, 0.29) is 34.6 Å². The lowest BCUT2D eigenvalue weighted by atomic mass is 10.2. The Morgan fingerprint density at radius 1 is 1.31 bits per heavy atom. The zero-order chi connectivity index (χ0) is 17.6. The molecule has 2 heterocycles. The van der Waals surface area contributed by atoms with Gasteiger partial charge in [-0.3, -0.25) is 20.0 Å². The molecular formula is C17H26IN5O3. The molecule has 144 valence electrons. The van der Waals surface area contributed by atoms with E-state index in [1.54, 1.807) is 19.2 Å². The second-order valence-electron chi connectivity index (χ2n) is 6.36. The molecule has 0 spiro atoms. The normalized spacial score (nSPS) is 21.3. The van der Waals surface area contributed by atoms with Gasteiger partial charge in [0.2, 0.25) is 0 Å². The molecule has 26 heavy (non-hydrogen) atoms. The van der Waals surface area contributed by atoms with Crippen molar-refractivity contribution in [2.75, 3.05) is 46.4 Å². The molecule has 3 rings (SSSR count). The number of hydrogen-bond donors (Lipinski definition) is 1. The molecule has 1 aromatic carbocycles. The summed E-state index contributed by atoms with van der Waals surface area (Å²) < 4.78 is 5.43. The van der Waals surface area contributed by atoms with Crippen LogP contribution in [0.5, 0.6) is 0 Å². The van der Waals surface area contributed by atoms with Gasteiger partial charge >= 0.3 is 0 Å². The highest BCUT2D eigenvalue weighted by atomic mass is 127. The van der Waals surface area contributed by atoms with Crippen molar-refractivity contribution in [2.45, 2.75) is 19.0 Å². The van der Waals surface area contributed by atoms with Gasteiger partial charge in [0.1, 0.15) is 0 Å². The van der Waals surface area contributed by atoms with Crippen LogP contribution >= 0.6 is 24.0 Å². The lowest BCUT2D eigenvalue weighted by Gasteiger charge is -2.32. The Labute approximate surface area is 170 Å². The number of non-ortho nitro benzene ring substituents is 1. The predicted octanol–water partition coefficient (Wildman–Crippen LogP) is 1.69. The Bertz CT molecular complexity index is 619. The van der Waals surface area contributed by atoms with E-state index in [0.29, 0.717) is 12.6 Å². The zero-order valence-electron chi connectivity index (χ0n) is 15.0. The van der Waals surface area contributed by atoms with E-state index in [4.69, 9.17) is 4.74 Å². The molecule has 2 aliphatic rings. The Morgan fingerprint density at radius 2 is 2.00 bits per heavy atom. The molecule has 0 saturated carbocycles. The lowest BCUT2D eigenvalue weighted by molar-refractivity contribution is -0.384. The summed E-state index contributed by atoms with van der Waals surface area (Å²) >= 11 is 0. The first-order valence-electron chi connectivity index (χ1n) is 8.68. The van der Waals surface area contributed by atoms with Crippen LogP contribution in [-0.4, -0.2) is 73.2 Å². The maximum Gasteiger partial charge on any atom is 0.269 e. The number of hydrogen-bond acceptors (Lipinski definition) is 5. The van der Waals surface area contributed by atoms with Crippen LogP contribution in [0.1, 0.15) is 12.0 Å². The highest BCUT2D eigenvalue weighted by Crippen LogP contribution is 2.17. The molecule has 0 aromatic heterocycles. The van der Waals surface area contributed by atoms with Gasteiger partial charge < -0.3 is 15.0 Å². The standard InChI is InChI=1S/C17H25N5O3.HI/c1-18-17(19-12-14-2-4-15(5-3-14)22(23)24)21-7-6-16(13-21)20-8-10-25-11-9-20;/h2-5,16H,6-13H2,1H3,(H,18,19);1H. The minimum atomic E-state index is -0.383. The van der Waals surface area contributed by atoms with Gasteiger partial charge in [0.15, 0.2) is 5.96 Å². The van der Waals surface area contributed by atoms with E-state index in [1.807, 2.05) is 0 Å². The fraction of sp³-hybridized carbons (Fsp3) is 0.588. The molecule has 0 amide bonds. The van der Waals surface area contributed by atoms with Crippen LogP contribution in [0.4, 0.5) is 5.69 Å².